The van der Waals surface area contributed by atoms with Crippen LogP contribution in [-0.2, 0) is 13.8 Å². The first kappa shape index (κ1) is 24.8. The van der Waals surface area contributed by atoms with Gasteiger partial charge in [0.2, 0.25) is 6.54 Å². The van der Waals surface area contributed by atoms with Crippen LogP contribution in [0.5, 0.6) is 0 Å². The van der Waals surface area contributed by atoms with Gasteiger partial charge in [0, 0.05) is 31.6 Å². The molecule has 0 spiro atoms. The van der Waals surface area contributed by atoms with Crippen molar-refractivity contribution in [2.45, 2.75) is 84.4 Å². The average Bonchev–Trinajstić information content (AvgIpc) is 3.14. The Bertz CT molecular complexity index is 936. The molecule has 1 saturated heterocycles. The number of H-pyrrole nitrogens is 1. The van der Waals surface area contributed by atoms with Gasteiger partial charge in [-0.1, -0.05) is 6.08 Å². The maximum absolute atomic E-state index is 12.4. The van der Waals surface area contributed by atoms with Crippen molar-refractivity contribution in [3.8, 4) is 0 Å². The Hall–Kier alpha value is -1.82. The molecule has 0 aliphatic carbocycles. The minimum absolute atomic E-state index is 0.130. The van der Waals surface area contributed by atoms with Crippen molar-refractivity contribution < 1.29 is 15.2 Å². The predicted octanol–water partition coefficient (Wildman–Crippen LogP) is 3.77. The first-order chi connectivity index (χ1) is 15.6. The van der Waals surface area contributed by atoms with Crippen LogP contribution in [0.15, 0.2) is 28.4 Å². The van der Waals surface area contributed by atoms with E-state index in [1.807, 2.05) is 0 Å². The molecule has 1 unspecified atom stereocenters. The van der Waals surface area contributed by atoms with Crippen LogP contribution in [0.4, 0.5) is 0 Å². The number of aromatic nitrogens is 2. The largest absolute Gasteiger partial charge is 0.352 e. The minimum Gasteiger partial charge on any atom is -0.352 e. The van der Waals surface area contributed by atoms with E-state index in [4.69, 9.17) is 21.7 Å². The van der Waals surface area contributed by atoms with Crippen LogP contribution in [0.25, 0.3) is 4.85 Å². The number of allylic oxidation sites excluding steroid dienone is 1. The van der Waals surface area contributed by atoms with Crippen molar-refractivity contribution in [1.29, 1.82) is 0 Å². The van der Waals surface area contributed by atoms with Crippen molar-refractivity contribution in [1.82, 2.24) is 14.2 Å². The highest BCUT2D eigenvalue weighted by Crippen LogP contribution is 2.50. The number of ether oxygens (including phenoxy) is 1. The lowest BCUT2D eigenvalue weighted by Gasteiger charge is -2.37. The van der Waals surface area contributed by atoms with Crippen LogP contribution in [0, 0.1) is 13.5 Å². The van der Waals surface area contributed by atoms with Gasteiger partial charge in [-0.05, 0) is 47.4 Å². The normalized spacial score (nSPS) is 23.3. The predicted molar refractivity (Wildman–Crippen MR) is 125 cm³/mol. The number of rotatable bonds is 12. The summed E-state index contributed by atoms with van der Waals surface area (Å²) >= 11 is 0. The molecule has 0 bridgehead atoms. The van der Waals surface area contributed by atoms with Crippen molar-refractivity contribution >= 4 is 8.53 Å². The lowest BCUT2D eigenvalue weighted by Crippen LogP contribution is -2.36. The monoisotopic (exact) mass is 467 g/mol. The van der Waals surface area contributed by atoms with Gasteiger partial charge < -0.3 is 18.6 Å². The summed E-state index contributed by atoms with van der Waals surface area (Å²) in [4.78, 5) is 29.9. The Morgan fingerprint density at radius 3 is 2.75 bits per heavy atom. The standard InChI is InChI=1S/C22H35N4O5P/c1-8-9-10-18-19(13-20(30-18)25-14-17(6)21(27)24-22(25)28)31-32(29-12-11-23-7)26(15(2)3)16(4)5/h8,14-16,18-20H,1,9-13H2,2-6H3,(H,24,27,28)/t18-,19+,20-,32?/m1/s1/i10D/t10-,18+,19-,20+,32?/m0. The van der Waals surface area contributed by atoms with Crippen LogP contribution in [-0.4, -0.2) is 51.7 Å². The van der Waals surface area contributed by atoms with E-state index in [1.54, 1.807) is 13.0 Å². The van der Waals surface area contributed by atoms with Crippen molar-refractivity contribution in [3.05, 3.63) is 56.7 Å². The quantitative estimate of drug-likeness (QED) is 0.218. The molecule has 1 fully saturated rings. The zero-order valence-corrected chi connectivity index (χ0v) is 20.4. The van der Waals surface area contributed by atoms with E-state index in [0.717, 1.165) is 0 Å². The Morgan fingerprint density at radius 2 is 2.16 bits per heavy atom. The third-order valence-corrected chi connectivity index (χ3v) is 7.14. The Labute approximate surface area is 192 Å². The van der Waals surface area contributed by atoms with E-state index in [-0.39, 0.29) is 25.2 Å². The van der Waals surface area contributed by atoms with Gasteiger partial charge in [0.15, 0.2) is 0 Å². The van der Waals surface area contributed by atoms with Gasteiger partial charge >= 0.3 is 5.69 Å². The highest BCUT2D eigenvalue weighted by molar-refractivity contribution is 7.44. The highest BCUT2D eigenvalue weighted by Gasteiger charge is 2.41. The molecule has 0 amide bonds. The molecule has 1 aromatic rings. The summed E-state index contributed by atoms with van der Waals surface area (Å²) < 4.78 is 30.7. The van der Waals surface area contributed by atoms with Crippen molar-refractivity contribution in [2.24, 2.45) is 0 Å². The number of nitrogens with zero attached hydrogens (tertiary/aromatic N) is 3. The third-order valence-electron chi connectivity index (χ3n) is 4.98. The first-order valence-electron chi connectivity index (χ1n) is 11.4. The second kappa shape index (κ2) is 12.4. The molecule has 0 saturated carbocycles. The summed E-state index contributed by atoms with van der Waals surface area (Å²) in [5.41, 5.74) is -0.616. The lowest BCUT2D eigenvalue weighted by molar-refractivity contribution is -0.0220. The molecule has 1 N–H and O–H groups in total. The summed E-state index contributed by atoms with van der Waals surface area (Å²) in [6, 6.07) is 0.259. The van der Waals surface area contributed by atoms with Crippen LogP contribution >= 0.6 is 8.53 Å². The van der Waals surface area contributed by atoms with E-state index in [1.165, 1.54) is 10.8 Å². The van der Waals surface area contributed by atoms with E-state index in [0.29, 0.717) is 18.4 Å². The van der Waals surface area contributed by atoms with Crippen molar-refractivity contribution in [2.75, 3.05) is 13.2 Å². The number of nitrogens with one attached hydrogen (secondary N) is 1. The maximum Gasteiger partial charge on any atom is 0.330 e. The van der Waals surface area contributed by atoms with E-state index >= 15 is 0 Å². The molecule has 1 aliphatic heterocycles. The molecule has 9 nitrogen and oxygen atoms in total. The van der Waals surface area contributed by atoms with Gasteiger partial charge in [-0.15, -0.1) is 6.58 Å². The van der Waals surface area contributed by atoms with Gasteiger partial charge in [-0.2, -0.15) is 0 Å². The number of hydrogen-bond acceptors (Lipinski definition) is 6. The molecule has 10 heteroatoms. The smallest absolute Gasteiger partial charge is 0.330 e. The molecule has 2 rings (SSSR count). The van der Waals surface area contributed by atoms with Crippen molar-refractivity contribution in [3.63, 3.8) is 0 Å². The molecule has 32 heavy (non-hydrogen) atoms. The van der Waals surface area contributed by atoms with E-state index in [9.17, 15) is 9.59 Å². The number of aromatic amines is 1. The fraction of sp³-hybridized carbons (Fsp3) is 0.682. The Morgan fingerprint density at radius 1 is 1.47 bits per heavy atom. The number of aryl methyl sites for hydroxylation is 1. The van der Waals surface area contributed by atoms with Gasteiger partial charge in [0.05, 0.1) is 12.2 Å². The maximum atomic E-state index is 12.4. The minimum atomic E-state index is -1.54. The topological polar surface area (TPSA) is 90.2 Å². The van der Waals surface area contributed by atoms with Crippen LogP contribution < -0.4 is 11.2 Å². The summed E-state index contributed by atoms with van der Waals surface area (Å²) in [6.45, 7) is 21.1. The summed E-state index contributed by atoms with van der Waals surface area (Å²) in [6.07, 6.45) is 1.37. The highest BCUT2D eigenvalue weighted by atomic mass is 31.2. The average molecular weight is 468 g/mol. The molecule has 0 radical (unpaired) electrons. The molecule has 5 atom stereocenters. The summed E-state index contributed by atoms with van der Waals surface area (Å²) in [7, 11) is -1.54. The second-order valence-electron chi connectivity index (χ2n) is 8.19. The molecule has 2 heterocycles. The summed E-state index contributed by atoms with van der Waals surface area (Å²) in [5, 5.41) is 0. The fourth-order valence-corrected chi connectivity index (χ4v) is 5.32. The Balaban J connectivity index is 2.36. The van der Waals surface area contributed by atoms with Gasteiger partial charge in [-0.3, -0.25) is 14.3 Å². The van der Waals surface area contributed by atoms with Crippen LogP contribution in [0.3, 0.4) is 0 Å². The molecular formula is C22H35N4O5P. The fourth-order valence-electron chi connectivity index (χ4n) is 3.58. The lowest BCUT2D eigenvalue weighted by atomic mass is 10.1. The molecule has 178 valence electrons. The third kappa shape index (κ3) is 6.84. The first-order valence-corrected chi connectivity index (χ1v) is 12.0. The SMILES string of the molecule is [2H][C@@H](CC=C)[C@H]1O[C@@H](n2cc(C)c(=O)[nH]c2=O)C[C@@H]1OP(OCC[N+]#[C-])N(C(C)C)C(C)C. The van der Waals surface area contributed by atoms with Gasteiger partial charge in [0.1, 0.15) is 12.8 Å². The van der Waals surface area contributed by atoms with E-state index < -0.39 is 44.6 Å². The molecule has 1 aromatic heterocycles. The molecular weight excluding hydrogens is 431 g/mol. The number of hydrogen-bond donors (Lipinski definition) is 1. The van der Waals surface area contributed by atoms with Crippen LogP contribution in [0.1, 0.15) is 60.1 Å². The molecule has 1 aliphatic rings. The van der Waals surface area contributed by atoms with Gasteiger partial charge in [-0.25, -0.2) is 16.0 Å². The van der Waals surface area contributed by atoms with Crippen LogP contribution in [0.2, 0.25) is 0 Å². The second-order valence-corrected chi connectivity index (χ2v) is 9.60. The van der Waals surface area contributed by atoms with Gasteiger partial charge in [0.25, 0.3) is 14.1 Å². The molecule has 0 aromatic carbocycles. The zero-order chi connectivity index (χ0) is 24.7. The zero-order valence-electron chi connectivity index (χ0n) is 20.5. The van der Waals surface area contributed by atoms with E-state index in [2.05, 4.69) is 48.8 Å². The Kier molecular flexibility index (Phi) is 9.64. The summed E-state index contributed by atoms with van der Waals surface area (Å²) in [5.74, 6) is 0.